The van der Waals surface area contributed by atoms with E-state index in [1.165, 1.54) is 18.3 Å². The van der Waals surface area contributed by atoms with Crippen molar-refractivity contribution in [3.8, 4) is 0 Å². The zero-order valence-corrected chi connectivity index (χ0v) is 7.95. The highest BCUT2D eigenvalue weighted by molar-refractivity contribution is 5.88. The molecule has 0 aromatic rings. The van der Waals surface area contributed by atoms with Crippen molar-refractivity contribution in [1.29, 1.82) is 0 Å². The van der Waals surface area contributed by atoms with E-state index in [0.717, 1.165) is 19.4 Å². The second kappa shape index (κ2) is 5.59. The molecule has 0 atom stereocenters. The monoisotopic (exact) mass is 199 g/mol. The van der Waals surface area contributed by atoms with Gasteiger partial charge in [-0.15, -0.1) is 0 Å². The average molecular weight is 199 g/mol. The lowest BCUT2D eigenvalue weighted by Gasteiger charge is -2.07. The maximum Gasteiger partial charge on any atom is 0.268 e. The summed E-state index contributed by atoms with van der Waals surface area (Å²) in [4.78, 5) is 21.7. The Kier molecular flexibility index (Phi) is 4.39. The van der Waals surface area contributed by atoms with Gasteiger partial charge in [-0.05, 0) is 18.8 Å². The third-order valence-electron chi connectivity index (χ3n) is 2.42. The van der Waals surface area contributed by atoms with Crippen LogP contribution in [-0.2, 0) is 9.59 Å². The van der Waals surface area contributed by atoms with Gasteiger partial charge in [0.2, 0.25) is 5.91 Å². The van der Waals surface area contributed by atoms with Gasteiger partial charge < -0.3 is 5.32 Å². The van der Waals surface area contributed by atoms with Crippen LogP contribution in [0.2, 0.25) is 0 Å². The molecule has 0 saturated heterocycles. The smallest absolute Gasteiger partial charge is 0.268 e. The summed E-state index contributed by atoms with van der Waals surface area (Å²) in [5, 5.41) is 10.5. The Morgan fingerprint density at radius 1 is 1.36 bits per heavy atom. The van der Waals surface area contributed by atoms with E-state index in [9.17, 15) is 9.59 Å². The number of hydrogen-bond donors (Lipinski definition) is 3. The molecule has 0 aromatic heterocycles. The second-order valence-corrected chi connectivity index (χ2v) is 3.54. The Balaban J connectivity index is 2.12. The van der Waals surface area contributed by atoms with Crippen LogP contribution in [0, 0.1) is 12.5 Å². The average Bonchev–Trinajstić information content (AvgIpc) is 2.66. The fraction of sp³-hybridized carbons (Fsp3) is 0.667. The fourth-order valence-corrected chi connectivity index (χ4v) is 1.71. The van der Waals surface area contributed by atoms with Crippen molar-refractivity contribution < 1.29 is 14.8 Å². The van der Waals surface area contributed by atoms with Crippen LogP contribution in [0.25, 0.3) is 0 Å². The zero-order chi connectivity index (χ0) is 10.4. The van der Waals surface area contributed by atoms with E-state index in [2.05, 4.69) is 5.32 Å². The molecule has 1 rings (SSSR count). The van der Waals surface area contributed by atoms with E-state index in [1.807, 2.05) is 0 Å². The number of nitrogens with one attached hydrogen (secondary N) is 2. The van der Waals surface area contributed by atoms with Crippen LogP contribution in [0.5, 0.6) is 0 Å². The van der Waals surface area contributed by atoms with Crippen molar-refractivity contribution in [2.75, 3.05) is 0 Å². The van der Waals surface area contributed by atoms with Gasteiger partial charge in [0.1, 0.15) is 6.54 Å². The molecule has 1 saturated carbocycles. The molecule has 14 heavy (non-hydrogen) atoms. The van der Waals surface area contributed by atoms with Gasteiger partial charge in [-0.25, -0.2) is 5.48 Å². The summed E-state index contributed by atoms with van der Waals surface area (Å²) in [6, 6.07) is 0. The predicted octanol–water partition coefficient (Wildman–Crippen LogP) is 0.350. The topological polar surface area (TPSA) is 78.4 Å². The van der Waals surface area contributed by atoms with Crippen molar-refractivity contribution in [2.45, 2.75) is 32.1 Å². The quantitative estimate of drug-likeness (QED) is 0.451. The number of hydroxylamine groups is 1. The molecule has 1 fully saturated rings. The Morgan fingerprint density at radius 2 is 2.00 bits per heavy atom. The summed E-state index contributed by atoms with van der Waals surface area (Å²) in [7, 11) is 0. The van der Waals surface area contributed by atoms with Crippen LogP contribution in [0.15, 0.2) is 0 Å². The predicted molar refractivity (Wildman–Crippen MR) is 48.9 cm³/mol. The van der Waals surface area contributed by atoms with Crippen LogP contribution < -0.4 is 10.8 Å². The number of hydrogen-bond acceptors (Lipinski definition) is 3. The largest absolute Gasteiger partial charge is 0.342 e. The van der Waals surface area contributed by atoms with Crippen LogP contribution in [0.3, 0.4) is 0 Å². The standard InChI is InChI=1S/C9H15N2O3/c12-8(10-6-9(13)11-14)5-7-3-1-2-4-7/h6-7,14H,1-5H2,(H,10,12)(H,11,13). The minimum absolute atomic E-state index is 0.166. The molecule has 5 nitrogen and oxygen atoms in total. The Hall–Kier alpha value is -1.10. The highest BCUT2D eigenvalue weighted by atomic mass is 16.5. The molecule has 2 amide bonds. The molecule has 1 aliphatic carbocycles. The van der Waals surface area contributed by atoms with Gasteiger partial charge in [-0.1, -0.05) is 12.8 Å². The van der Waals surface area contributed by atoms with E-state index >= 15 is 0 Å². The number of amides is 2. The molecule has 0 heterocycles. The minimum atomic E-state index is -0.718. The van der Waals surface area contributed by atoms with E-state index < -0.39 is 5.91 Å². The third kappa shape index (κ3) is 3.74. The van der Waals surface area contributed by atoms with Crippen molar-refractivity contribution in [3.05, 3.63) is 6.54 Å². The number of carbonyl (C=O) groups excluding carboxylic acids is 2. The molecule has 0 spiro atoms. The highest BCUT2D eigenvalue weighted by Gasteiger charge is 2.18. The first kappa shape index (κ1) is 11.0. The molecular formula is C9H15N2O3. The summed E-state index contributed by atoms with van der Waals surface area (Å²) in [6.07, 6.45) is 5.05. The molecule has 0 unspecified atom stereocenters. The number of rotatable bonds is 4. The van der Waals surface area contributed by atoms with E-state index in [1.54, 1.807) is 0 Å². The van der Waals surface area contributed by atoms with Gasteiger partial charge >= 0.3 is 0 Å². The molecule has 79 valence electrons. The molecular weight excluding hydrogens is 184 g/mol. The molecule has 1 radical (unpaired) electrons. The van der Waals surface area contributed by atoms with Gasteiger partial charge in [0, 0.05) is 6.42 Å². The summed E-state index contributed by atoms with van der Waals surface area (Å²) in [5.41, 5.74) is 1.40. The molecule has 1 aliphatic rings. The first-order valence-corrected chi connectivity index (χ1v) is 4.79. The number of carbonyl (C=O) groups is 2. The van der Waals surface area contributed by atoms with Crippen LogP contribution in [-0.4, -0.2) is 17.0 Å². The lowest BCUT2D eigenvalue weighted by molar-refractivity contribution is -0.129. The Bertz CT molecular complexity index is 212. The summed E-state index contributed by atoms with van der Waals surface area (Å²) < 4.78 is 0. The SMILES string of the molecule is O=C([CH]NC(=O)CC1CCCC1)NO. The summed E-state index contributed by atoms with van der Waals surface area (Å²) in [6.45, 7) is 0.928. The normalized spacial score (nSPS) is 16.6. The second-order valence-electron chi connectivity index (χ2n) is 3.54. The van der Waals surface area contributed by atoms with E-state index in [-0.39, 0.29) is 5.91 Å². The van der Waals surface area contributed by atoms with Crippen LogP contribution >= 0.6 is 0 Å². The molecule has 0 bridgehead atoms. The van der Waals surface area contributed by atoms with Gasteiger partial charge in [0.15, 0.2) is 0 Å². The van der Waals surface area contributed by atoms with Crippen LogP contribution in [0.1, 0.15) is 32.1 Å². The van der Waals surface area contributed by atoms with Crippen molar-refractivity contribution >= 4 is 11.8 Å². The van der Waals surface area contributed by atoms with Gasteiger partial charge in [0.05, 0.1) is 0 Å². The lowest BCUT2D eigenvalue weighted by atomic mass is 10.0. The third-order valence-corrected chi connectivity index (χ3v) is 2.42. The van der Waals surface area contributed by atoms with Crippen molar-refractivity contribution in [2.24, 2.45) is 5.92 Å². The summed E-state index contributed by atoms with van der Waals surface area (Å²) >= 11 is 0. The summed E-state index contributed by atoms with van der Waals surface area (Å²) in [5.74, 6) is -0.425. The van der Waals surface area contributed by atoms with Gasteiger partial charge in [-0.3, -0.25) is 14.8 Å². The van der Waals surface area contributed by atoms with E-state index in [0.29, 0.717) is 12.3 Å². The minimum Gasteiger partial charge on any atom is -0.342 e. The zero-order valence-electron chi connectivity index (χ0n) is 7.95. The molecule has 3 N–H and O–H groups in total. The van der Waals surface area contributed by atoms with Crippen molar-refractivity contribution in [1.82, 2.24) is 10.8 Å². The Morgan fingerprint density at radius 3 is 2.57 bits per heavy atom. The van der Waals surface area contributed by atoms with Crippen LogP contribution in [0.4, 0.5) is 0 Å². The Labute approximate surface area is 82.8 Å². The molecule has 0 aromatic carbocycles. The lowest BCUT2D eigenvalue weighted by Crippen LogP contribution is -2.31. The fourth-order valence-electron chi connectivity index (χ4n) is 1.71. The molecule has 0 aliphatic heterocycles. The molecule has 5 heteroatoms. The van der Waals surface area contributed by atoms with Crippen molar-refractivity contribution in [3.63, 3.8) is 0 Å². The first-order valence-electron chi connectivity index (χ1n) is 4.79. The maximum absolute atomic E-state index is 11.2. The van der Waals surface area contributed by atoms with E-state index in [4.69, 9.17) is 5.21 Å². The maximum atomic E-state index is 11.2. The van der Waals surface area contributed by atoms with Gasteiger partial charge in [0.25, 0.3) is 5.91 Å². The van der Waals surface area contributed by atoms with Gasteiger partial charge in [-0.2, -0.15) is 0 Å². The first-order chi connectivity index (χ1) is 6.72. The highest BCUT2D eigenvalue weighted by Crippen LogP contribution is 2.27.